The average molecular weight is 336 g/mol. The number of nitro benzene ring substituents is 1. The minimum absolute atomic E-state index is 0.158. The van der Waals surface area contributed by atoms with E-state index in [1.165, 1.54) is 24.3 Å². The van der Waals surface area contributed by atoms with Crippen LogP contribution in [0.3, 0.4) is 0 Å². The van der Waals surface area contributed by atoms with Gasteiger partial charge in [0, 0.05) is 17.8 Å². The zero-order chi connectivity index (χ0) is 17.7. The molecule has 2 aromatic carbocycles. The smallest absolute Gasteiger partial charge is 0.344 e. The Morgan fingerprint density at radius 2 is 1.67 bits per heavy atom. The lowest BCUT2D eigenvalue weighted by molar-refractivity contribution is -0.384. The average Bonchev–Trinajstić information content (AvgIpc) is 2.53. The fourth-order valence-electron chi connectivity index (χ4n) is 1.76. The molecular weight excluding hydrogens is 326 g/mol. The largest absolute Gasteiger partial charge is 0.452 e. The van der Waals surface area contributed by atoms with E-state index in [0.29, 0.717) is 0 Å². The van der Waals surface area contributed by atoms with Crippen molar-refractivity contribution in [2.75, 3.05) is 11.9 Å². The normalized spacial score (nSPS) is 10.1. The van der Waals surface area contributed by atoms with Gasteiger partial charge < -0.3 is 10.1 Å². The zero-order valence-electron chi connectivity index (χ0n) is 12.0. The van der Waals surface area contributed by atoms with E-state index in [1.807, 2.05) is 0 Å². The van der Waals surface area contributed by atoms with Crippen molar-refractivity contribution >= 4 is 23.3 Å². The summed E-state index contributed by atoms with van der Waals surface area (Å²) in [7, 11) is 0. The second-order valence-electron chi connectivity index (χ2n) is 4.52. The number of carbonyl (C=O) groups excluding carboxylic acids is 2. The molecule has 0 unspecified atom stereocenters. The number of hydrogen-bond donors (Lipinski definition) is 1. The van der Waals surface area contributed by atoms with Gasteiger partial charge in [-0.3, -0.25) is 14.9 Å². The van der Waals surface area contributed by atoms with Gasteiger partial charge in [0.25, 0.3) is 11.6 Å². The van der Waals surface area contributed by atoms with Crippen molar-refractivity contribution in [2.24, 2.45) is 0 Å². The number of esters is 1. The molecule has 2 aromatic rings. The Morgan fingerprint density at radius 1 is 1.08 bits per heavy atom. The van der Waals surface area contributed by atoms with E-state index in [9.17, 15) is 28.5 Å². The molecule has 0 saturated carbocycles. The minimum Gasteiger partial charge on any atom is -0.452 e. The number of hydrogen-bond acceptors (Lipinski definition) is 5. The molecule has 1 amide bonds. The first kappa shape index (κ1) is 17.0. The molecule has 0 aromatic heterocycles. The van der Waals surface area contributed by atoms with Gasteiger partial charge in [-0.15, -0.1) is 0 Å². The summed E-state index contributed by atoms with van der Waals surface area (Å²) < 4.78 is 31.3. The van der Waals surface area contributed by atoms with Crippen LogP contribution >= 0.6 is 0 Å². The van der Waals surface area contributed by atoms with E-state index in [1.54, 1.807) is 0 Å². The van der Waals surface area contributed by atoms with Crippen LogP contribution < -0.4 is 5.32 Å². The summed E-state index contributed by atoms with van der Waals surface area (Å²) in [6.07, 6.45) is 0. The fraction of sp³-hybridized carbons (Fsp3) is 0.0667. The third-order valence-electron chi connectivity index (χ3n) is 2.86. The number of benzene rings is 2. The predicted molar refractivity (Wildman–Crippen MR) is 78.4 cm³/mol. The van der Waals surface area contributed by atoms with Gasteiger partial charge in [-0.1, -0.05) is 6.07 Å². The van der Waals surface area contributed by atoms with Crippen LogP contribution in [-0.2, 0) is 9.53 Å². The van der Waals surface area contributed by atoms with Gasteiger partial charge >= 0.3 is 5.97 Å². The molecule has 0 atom stereocenters. The van der Waals surface area contributed by atoms with E-state index in [4.69, 9.17) is 0 Å². The van der Waals surface area contributed by atoms with Gasteiger partial charge in [0.2, 0.25) is 0 Å². The summed E-state index contributed by atoms with van der Waals surface area (Å²) in [5.74, 6) is -4.29. The third-order valence-corrected chi connectivity index (χ3v) is 2.86. The van der Waals surface area contributed by atoms with Crippen molar-refractivity contribution in [2.45, 2.75) is 0 Å². The van der Waals surface area contributed by atoms with E-state index < -0.39 is 40.6 Å². The molecule has 24 heavy (non-hydrogen) atoms. The molecule has 0 bridgehead atoms. The minimum atomic E-state index is -1.32. The Morgan fingerprint density at radius 3 is 2.21 bits per heavy atom. The molecular formula is C15H10F2N2O5. The van der Waals surface area contributed by atoms with Gasteiger partial charge in [0.05, 0.1) is 4.92 Å². The number of carbonyl (C=O) groups is 2. The van der Waals surface area contributed by atoms with Crippen LogP contribution in [0.25, 0.3) is 0 Å². The molecule has 0 fully saturated rings. The fourth-order valence-corrected chi connectivity index (χ4v) is 1.76. The maximum absolute atomic E-state index is 13.4. The lowest BCUT2D eigenvalue weighted by Crippen LogP contribution is -2.21. The van der Waals surface area contributed by atoms with Gasteiger partial charge in [0.1, 0.15) is 17.2 Å². The Kier molecular flexibility index (Phi) is 5.15. The van der Waals surface area contributed by atoms with Crippen LogP contribution in [0.1, 0.15) is 10.4 Å². The van der Waals surface area contributed by atoms with E-state index >= 15 is 0 Å². The van der Waals surface area contributed by atoms with Crippen molar-refractivity contribution in [1.82, 2.24) is 0 Å². The predicted octanol–water partition coefficient (Wildman–Crippen LogP) is 2.67. The maximum Gasteiger partial charge on any atom is 0.344 e. The first-order valence-electron chi connectivity index (χ1n) is 6.54. The van der Waals surface area contributed by atoms with Crippen LogP contribution in [0.5, 0.6) is 0 Å². The summed E-state index contributed by atoms with van der Waals surface area (Å²) in [4.78, 5) is 33.1. The Hall–Kier alpha value is -3.36. The third kappa shape index (κ3) is 4.09. The van der Waals surface area contributed by atoms with Gasteiger partial charge in [-0.25, -0.2) is 13.6 Å². The number of halogens is 2. The lowest BCUT2D eigenvalue weighted by atomic mass is 10.2. The second kappa shape index (κ2) is 7.27. The quantitative estimate of drug-likeness (QED) is 0.514. The van der Waals surface area contributed by atoms with E-state index in [0.717, 1.165) is 18.2 Å². The summed E-state index contributed by atoms with van der Waals surface area (Å²) in [6.45, 7) is -0.774. The van der Waals surface area contributed by atoms with Crippen LogP contribution in [0.4, 0.5) is 20.2 Å². The monoisotopic (exact) mass is 336 g/mol. The second-order valence-corrected chi connectivity index (χ2v) is 4.52. The molecule has 124 valence electrons. The molecule has 7 nitrogen and oxygen atoms in total. The topological polar surface area (TPSA) is 98.5 Å². The maximum atomic E-state index is 13.4. The molecule has 0 saturated heterocycles. The molecule has 0 spiro atoms. The first-order chi connectivity index (χ1) is 11.4. The Labute approximate surface area is 134 Å². The molecule has 0 radical (unpaired) electrons. The highest BCUT2D eigenvalue weighted by Crippen LogP contribution is 2.16. The molecule has 0 aliphatic rings. The highest BCUT2D eigenvalue weighted by atomic mass is 19.1. The number of nitrogens with zero attached hydrogens (tertiary/aromatic N) is 1. The van der Waals surface area contributed by atoms with Crippen molar-refractivity contribution in [1.29, 1.82) is 0 Å². The molecule has 0 aliphatic carbocycles. The molecule has 0 heterocycles. The number of nitro groups is 1. The molecule has 9 heteroatoms. The highest BCUT2D eigenvalue weighted by molar-refractivity contribution is 5.95. The number of nitrogens with one attached hydrogen (secondary N) is 1. The highest BCUT2D eigenvalue weighted by Gasteiger charge is 2.19. The molecule has 1 N–H and O–H groups in total. The Balaban J connectivity index is 1.93. The van der Waals surface area contributed by atoms with Crippen molar-refractivity contribution in [3.63, 3.8) is 0 Å². The van der Waals surface area contributed by atoms with Crippen LogP contribution in [0.15, 0.2) is 42.5 Å². The number of amides is 1. The number of rotatable bonds is 5. The Bertz CT molecular complexity index is 773. The van der Waals surface area contributed by atoms with E-state index in [-0.39, 0.29) is 11.4 Å². The van der Waals surface area contributed by atoms with Gasteiger partial charge in [-0.2, -0.15) is 0 Å². The number of anilines is 1. The first-order valence-corrected chi connectivity index (χ1v) is 6.54. The van der Waals surface area contributed by atoms with Crippen LogP contribution in [0.2, 0.25) is 0 Å². The van der Waals surface area contributed by atoms with E-state index in [2.05, 4.69) is 10.1 Å². The summed E-state index contributed by atoms with van der Waals surface area (Å²) in [5.41, 5.74) is -0.811. The lowest BCUT2D eigenvalue weighted by Gasteiger charge is -2.07. The van der Waals surface area contributed by atoms with Crippen LogP contribution in [-0.4, -0.2) is 23.4 Å². The summed E-state index contributed by atoms with van der Waals surface area (Å²) in [6, 6.07) is 7.78. The summed E-state index contributed by atoms with van der Waals surface area (Å²) >= 11 is 0. The van der Waals surface area contributed by atoms with Gasteiger partial charge in [0.15, 0.2) is 6.61 Å². The molecule has 0 aliphatic heterocycles. The molecule has 2 rings (SSSR count). The van der Waals surface area contributed by atoms with Crippen molar-refractivity contribution < 1.29 is 28.0 Å². The van der Waals surface area contributed by atoms with Crippen molar-refractivity contribution in [3.8, 4) is 0 Å². The standard InChI is InChI=1S/C15H10F2N2O5/c16-11-2-1-3-12(17)14(11)15(21)24-8-13(20)18-9-4-6-10(7-5-9)19(22)23/h1-7H,8H2,(H,18,20). The number of ether oxygens (including phenoxy) is 1. The van der Waals surface area contributed by atoms with Crippen LogP contribution in [0, 0.1) is 21.7 Å². The van der Waals surface area contributed by atoms with Crippen molar-refractivity contribution in [3.05, 3.63) is 69.8 Å². The zero-order valence-corrected chi connectivity index (χ0v) is 12.0. The van der Waals surface area contributed by atoms with Gasteiger partial charge in [-0.05, 0) is 24.3 Å². The SMILES string of the molecule is O=C(COC(=O)c1c(F)cccc1F)Nc1ccc([N+](=O)[O-])cc1. The number of non-ortho nitro benzene ring substituents is 1. The summed E-state index contributed by atoms with van der Waals surface area (Å²) in [5, 5.41) is 12.8.